The Morgan fingerprint density at radius 3 is 1.08 bits per heavy atom. The van der Waals surface area contributed by atoms with Gasteiger partial charge in [0.2, 0.25) is 0 Å². The summed E-state index contributed by atoms with van der Waals surface area (Å²) in [4.78, 5) is 2.34. The second-order valence-electron chi connectivity index (χ2n) is 16.3. The van der Waals surface area contributed by atoms with Gasteiger partial charge in [-0.05, 0) is 137 Å². The molecule has 9 aromatic rings. The summed E-state index contributed by atoms with van der Waals surface area (Å²) in [5.74, 6) is 0. The van der Waals surface area contributed by atoms with Crippen molar-refractivity contribution in [2.45, 2.75) is 52.6 Å². The maximum Gasteiger partial charge on any atom is 0.0496 e. The Labute approximate surface area is 312 Å². The van der Waals surface area contributed by atoms with Crippen LogP contribution in [0.1, 0.15) is 41.5 Å². The molecule has 0 saturated carbocycles. The van der Waals surface area contributed by atoms with Crippen molar-refractivity contribution in [3.8, 4) is 22.3 Å². The average Bonchev–Trinajstić information content (AvgIpc) is 3.69. The van der Waals surface area contributed by atoms with Crippen molar-refractivity contribution in [2.75, 3.05) is 4.90 Å². The standard InChI is InChI=1S/C50H45N3/c1-49(2,3)52-45-18-12-10-16-41(45)43-32-36(24-30-47(43)52)34-20-26-39(27-21-34)51(38-14-8-7-9-15-38)40-28-22-35(23-29-40)37-25-31-48-44(33-37)42-17-11-13-19-46(42)53(48)50(4,5)6/h7-33H,1-6H3. The second-order valence-corrected chi connectivity index (χ2v) is 16.3. The van der Waals surface area contributed by atoms with Crippen molar-refractivity contribution in [3.63, 3.8) is 0 Å². The van der Waals surface area contributed by atoms with Crippen LogP contribution in [0.15, 0.2) is 164 Å². The summed E-state index contributed by atoms with van der Waals surface area (Å²) in [6, 6.07) is 60.1. The van der Waals surface area contributed by atoms with E-state index in [-0.39, 0.29) is 11.1 Å². The van der Waals surface area contributed by atoms with Gasteiger partial charge in [-0.15, -0.1) is 0 Å². The number of nitrogens with zero attached hydrogens (tertiary/aromatic N) is 3. The van der Waals surface area contributed by atoms with Gasteiger partial charge < -0.3 is 14.0 Å². The van der Waals surface area contributed by atoms with Gasteiger partial charge in [-0.1, -0.05) is 91.0 Å². The number of fused-ring (bicyclic) bond motifs is 6. The zero-order valence-electron chi connectivity index (χ0n) is 31.4. The predicted molar refractivity (Wildman–Crippen MR) is 228 cm³/mol. The molecule has 0 radical (unpaired) electrons. The molecule has 0 saturated heterocycles. The van der Waals surface area contributed by atoms with Gasteiger partial charge in [0.05, 0.1) is 0 Å². The topological polar surface area (TPSA) is 13.1 Å². The van der Waals surface area contributed by atoms with E-state index in [9.17, 15) is 0 Å². The minimum absolute atomic E-state index is 0.0228. The Bertz CT molecular complexity index is 2590. The third-order valence-electron chi connectivity index (χ3n) is 10.6. The van der Waals surface area contributed by atoms with Crippen LogP contribution in [0.5, 0.6) is 0 Å². The molecule has 2 heterocycles. The molecule has 0 atom stereocenters. The minimum Gasteiger partial charge on any atom is -0.335 e. The summed E-state index contributed by atoms with van der Waals surface area (Å²) in [5.41, 5.74) is 13.3. The van der Waals surface area contributed by atoms with Gasteiger partial charge in [-0.3, -0.25) is 0 Å². The smallest absolute Gasteiger partial charge is 0.0496 e. The van der Waals surface area contributed by atoms with Crippen molar-refractivity contribution in [1.82, 2.24) is 9.13 Å². The molecule has 260 valence electrons. The van der Waals surface area contributed by atoms with Crippen LogP contribution >= 0.6 is 0 Å². The van der Waals surface area contributed by atoms with Gasteiger partial charge in [-0.25, -0.2) is 0 Å². The van der Waals surface area contributed by atoms with E-state index in [1.807, 2.05) is 0 Å². The van der Waals surface area contributed by atoms with Crippen LogP contribution in [0.25, 0.3) is 65.9 Å². The van der Waals surface area contributed by atoms with E-state index in [0.29, 0.717) is 0 Å². The van der Waals surface area contributed by atoms with E-state index < -0.39 is 0 Å². The molecule has 0 aliphatic rings. The molecular formula is C50H45N3. The second kappa shape index (κ2) is 12.3. The summed E-state index contributed by atoms with van der Waals surface area (Å²) in [5, 5.41) is 5.18. The lowest BCUT2D eigenvalue weighted by atomic mass is 10.0. The Morgan fingerprint density at radius 1 is 0.321 bits per heavy atom. The van der Waals surface area contributed by atoms with E-state index in [2.05, 4.69) is 219 Å². The molecule has 0 bridgehead atoms. The van der Waals surface area contributed by atoms with Crippen molar-refractivity contribution < 1.29 is 0 Å². The zero-order valence-corrected chi connectivity index (χ0v) is 31.4. The number of hydrogen-bond acceptors (Lipinski definition) is 1. The van der Waals surface area contributed by atoms with Crippen LogP contribution in [0.2, 0.25) is 0 Å². The van der Waals surface area contributed by atoms with Crippen LogP contribution < -0.4 is 4.90 Å². The van der Waals surface area contributed by atoms with Crippen molar-refractivity contribution in [2.24, 2.45) is 0 Å². The summed E-state index contributed by atoms with van der Waals surface area (Å²) in [7, 11) is 0. The molecule has 0 aliphatic heterocycles. The van der Waals surface area contributed by atoms with Crippen LogP contribution in [-0.2, 0) is 11.1 Å². The minimum atomic E-state index is -0.0228. The molecule has 0 aliphatic carbocycles. The number of rotatable bonds is 5. The summed E-state index contributed by atoms with van der Waals surface area (Å²) >= 11 is 0. The normalized spacial score (nSPS) is 12.3. The Kier molecular flexibility index (Phi) is 7.60. The summed E-state index contributed by atoms with van der Waals surface area (Å²) in [6.07, 6.45) is 0. The Balaban J connectivity index is 1.07. The first-order valence-corrected chi connectivity index (χ1v) is 18.7. The fourth-order valence-electron chi connectivity index (χ4n) is 8.38. The van der Waals surface area contributed by atoms with E-state index in [4.69, 9.17) is 0 Å². The first-order chi connectivity index (χ1) is 25.6. The lowest BCUT2D eigenvalue weighted by Crippen LogP contribution is -2.21. The van der Waals surface area contributed by atoms with Crippen LogP contribution in [0, 0.1) is 0 Å². The number of benzene rings is 7. The maximum atomic E-state index is 2.47. The maximum absolute atomic E-state index is 2.47. The molecule has 0 N–H and O–H groups in total. The lowest BCUT2D eigenvalue weighted by molar-refractivity contribution is 0.423. The number of hydrogen-bond donors (Lipinski definition) is 0. The molecule has 0 fully saturated rings. The third kappa shape index (κ3) is 5.59. The molecule has 9 rings (SSSR count). The Morgan fingerprint density at radius 2 is 0.660 bits per heavy atom. The molecule has 53 heavy (non-hydrogen) atoms. The van der Waals surface area contributed by atoms with Gasteiger partial charge in [0, 0.05) is 71.8 Å². The van der Waals surface area contributed by atoms with E-state index in [0.717, 1.165) is 17.1 Å². The van der Waals surface area contributed by atoms with Crippen LogP contribution in [0.4, 0.5) is 17.1 Å². The lowest BCUT2D eigenvalue weighted by Gasteiger charge is -2.26. The van der Waals surface area contributed by atoms with Gasteiger partial charge >= 0.3 is 0 Å². The highest BCUT2D eigenvalue weighted by atomic mass is 15.1. The SMILES string of the molecule is CC(C)(C)n1c2ccccc2c2cc(-c3ccc(N(c4ccccc4)c4ccc(-c5ccc6c(c5)c5ccccc5n6C(C)(C)C)cc4)cc3)ccc21. The molecule has 0 spiro atoms. The first kappa shape index (κ1) is 32.8. The van der Waals surface area contributed by atoms with E-state index in [1.165, 1.54) is 65.9 Å². The number of aromatic nitrogens is 2. The van der Waals surface area contributed by atoms with E-state index >= 15 is 0 Å². The summed E-state index contributed by atoms with van der Waals surface area (Å²) in [6.45, 7) is 13.7. The highest BCUT2D eigenvalue weighted by Crippen LogP contribution is 2.40. The van der Waals surface area contributed by atoms with Gasteiger partial charge in [-0.2, -0.15) is 0 Å². The van der Waals surface area contributed by atoms with Gasteiger partial charge in [0.25, 0.3) is 0 Å². The largest absolute Gasteiger partial charge is 0.335 e. The molecule has 0 unspecified atom stereocenters. The fraction of sp³-hybridized carbons (Fsp3) is 0.160. The third-order valence-corrected chi connectivity index (χ3v) is 10.6. The molecule has 3 heteroatoms. The highest BCUT2D eigenvalue weighted by Gasteiger charge is 2.22. The number of anilines is 3. The van der Waals surface area contributed by atoms with Gasteiger partial charge in [0.15, 0.2) is 0 Å². The Hall–Kier alpha value is -6.06. The van der Waals surface area contributed by atoms with Crippen LogP contribution in [0.3, 0.4) is 0 Å². The quantitative estimate of drug-likeness (QED) is 0.176. The molecule has 3 nitrogen and oxygen atoms in total. The van der Waals surface area contributed by atoms with Crippen molar-refractivity contribution >= 4 is 60.7 Å². The first-order valence-electron chi connectivity index (χ1n) is 18.7. The average molecular weight is 688 g/mol. The molecule has 7 aromatic carbocycles. The zero-order chi connectivity index (χ0) is 36.5. The fourth-order valence-corrected chi connectivity index (χ4v) is 8.38. The molecular weight excluding hydrogens is 643 g/mol. The van der Waals surface area contributed by atoms with Crippen LogP contribution in [-0.4, -0.2) is 9.13 Å². The van der Waals surface area contributed by atoms with E-state index in [1.54, 1.807) is 0 Å². The van der Waals surface area contributed by atoms with Gasteiger partial charge in [0.1, 0.15) is 0 Å². The monoisotopic (exact) mass is 687 g/mol. The predicted octanol–water partition coefficient (Wildman–Crippen LogP) is 14.2. The summed E-state index contributed by atoms with van der Waals surface area (Å²) < 4.78 is 4.94. The number of para-hydroxylation sites is 3. The van der Waals surface area contributed by atoms with Crippen molar-refractivity contribution in [3.05, 3.63) is 164 Å². The molecule has 0 amide bonds. The van der Waals surface area contributed by atoms with Crippen molar-refractivity contribution in [1.29, 1.82) is 0 Å². The highest BCUT2D eigenvalue weighted by molar-refractivity contribution is 6.10. The molecule has 2 aromatic heterocycles.